The van der Waals surface area contributed by atoms with Crippen LogP contribution in [0.1, 0.15) is 31.4 Å². The van der Waals surface area contributed by atoms with Gasteiger partial charge in [0.25, 0.3) is 5.91 Å². The van der Waals surface area contributed by atoms with Gasteiger partial charge in [-0.25, -0.2) is 0 Å². The Hall–Kier alpha value is -2.28. The molecule has 0 spiro atoms. The van der Waals surface area contributed by atoms with Crippen LogP contribution in [0.25, 0.3) is 0 Å². The zero-order chi connectivity index (χ0) is 17.1. The van der Waals surface area contributed by atoms with Crippen molar-refractivity contribution in [1.82, 2.24) is 5.32 Å². The van der Waals surface area contributed by atoms with Crippen molar-refractivity contribution in [3.05, 3.63) is 23.8 Å². The minimum atomic E-state index is -0.227. The Bertz CT molecular complexity index is 626. The van der Waals surface area contributed by atoms with Crippen LogP contribution in [-0.4, -0.2) is 38.2 Å². The molecule has 130 valence electrons. The molecule has 0 unspecified atom stereocenters. The third kappa shape index (κ3) is 3.79. The van der Waals surface area contributed by atoms with Crippen molar-refractivity contribution in [2.75, 3.05) is 26.4 Å². The summed E-state index contributed by atoms with van der Waals surface area (Å²) < 4.78 is 10.7. The summed E-state index contributed by atoms with van der Waals surface area (Å²) in [5.74, 6) is 1.19. The highest BCUT2D eigenvalue weighted by atomic mass is 16.7. The van der Waals surface area contributed by atoms with Gasteiger partial charge >= 0.3 is 0 Å². The number of amides is 2. The van der Waals surface area contributed by atoms with Crippen molar-refractivity contribution in [2.24, 2.45) is 11.7 Å². The van der Waals surface area contributed by atoms with Gasteiger partial charge in [0, 0.05) is 18.8 Å². The van der Waals surface area contributed by atoms with Crippen LogP contribution in [0.3, 0.4) is 0 Å². The van der Waals surface area contributed by atoms with Gasteiger partial charge in [-0.3, -0.25) is 9.59 Å². The van der Waals surface area contributed by atoms with Gasteiger partial charge in [-0.05, 0) is 24.6 Å². The number of carbonyl (C=O) groups excluding carboxylic acids is 2. The van der Waals surface area contributed by atoms with Crippen LogP contribution in [0.5, 0.6) is 11.5 Å². The maximum absolute atomic E-state index is 12.3. The standard InChI is InChI=1S/C17H23N3O4/c1-11(13-2-3-14-15(8-13)24-10-23-14)19-16(21)9-20-6-4-12(5-7-20)17(18)22/h2-3,8,11-12H,4-7,9-10H2,1H3,(H2,18,22)(H,19,21)/p+1/t11-/m1/s1. The van der Waals surface area contributed by atoms with Gasteiger partial charge in [-0.15, -0.1) is 0 Å². The van der Waals surface area contributed by atoms with Crippen LogP contribution < -0.4 is 25.4 Å². The number of primary amides is 1. The summed E-state index contributed by atoms with van der Waals surface area (Å²) in [5, 5.41) is 3.02. The topological polar surface area (TPSA) is 95.1 Å². The predicted octanol–water partition coefficient (Wildman–Crippen LogP) is -0.627. The van der Waals surface area contributed by atoms with E-state index in [1.54, 1.807) is 0 Å². The quantitative estimate of drug-likeness (QED) is 0.668. The van der Waals surface area contributed by atoms with Gasteiger partial charge in [0.15, 0.2) is 18.0 Å². The number of piperidine rings is 1. The van der Waals surface area contributed by atoms with Crippen molar-refractivity contribution in [3.63, 3.8) is 0 Å². The smallest absolute Gasteiger partial charge is 0.275 e. The third-order valence-electron chi connectivity index (χ3n) is 4.78. The number of fused-ring (bicyclic) bond motifs is 1. The second kappa shape index (κ2) is 7.09. The van der Waals surface area contributed by atoms with Crippen LogP contribution in [-0.2, 0) is 9.59 Å². The number of hydrogen-bond acceptors (Lipinski definition) is 4. The molecule has 7 nitrogen and oxygen atoms in total. The maximum Gasteiger partial charge on any atom is 0.275 e. The van der Waals surface area contributed by atoms with Gasteiger partial charge in [0.2, 0.25) is 12.7 Å². The Morgan fingerprint density at radius 1 is 1.29 bits per heavy atom. The van der Waals surface area contributed by atoms with Crippen molar-refractivity contribution in [3.8, 4) is 11.5 Å². The largest absolute Gasteiger partial charge is 0.454 e. The van der Waals surface area contributed by atoms with Crippen molar-refractivity contribution in [2.45, 2.75) is 25.8 Å². The molecule has 1 aromatic rings. The second-order valence-electron chi connectivity index (χ2n) is 6.51. The number of ether oxygens (including phenoxy) is 2. The lowest BCUT2D eigenvalue weighted by Gasteiger charge is -2.27. The van der Waals surface area contributed by atoms with Crippen LogP contribution in [0.15, 0.2) is 18.2 Å². The molecule has 0 bridgehead atoms. The number of hydrogen-bond donors (Lipinski definition) is 3. The highest BCUT2D eigenvalue weighted by molar-refractivity contribution is 5.77. The summed E-state index contributed by atoms with van der Waals surface area (Å²) in [6.45, 7) is 4.22. The van der Waals surface area contributed by atoms with Crippen LogP contribution in [0.4, 0.5) is 0 Å². The molecular formula is C17H24N3O4+. The first kappa shape index (κ1) is 16.6. The Morgan fingerprint density at radius 3 is 2.71 bits per heavy atom. The van der Waals surface area contributed by atoms with E-state index in [1.807, 2.05) is 25.1 Å². The van der Waals surface area contributed by atoms with E-state index in [-0.39, 0.29) is 30.6 Å². The molecule has 0 aliphatic carbocycles. The van der Waals surface area contributed by atoms with E-state index in [9.17, 15) is 9.59 Å². The van der Waals surface area contributed by atoms with E-state index in [0.717, 1.165) is 37.2 Å². The summed E-state index contributed by atoms with van der Waals surface area (Å²) in [7, 11) is 0. The predicted molar refractivity (Wildman–Crippen MR) is 86.6 cm³/mol. The zero-order valence-corrected chi connectivity index (χ0v) is 13.8. The first-order valence-electron chi connectivity index (χ1n) is 8.34. The van der Waals surface area contributed by atoms with Crippen LogP contribution >= 0.6 is 0 Å². The van der Waals surface area contributed by atoms with Gasteiger partial charge in [0.05, 0.1) is 19.1 Å². The average Bonchev–Trinajstić information content (AvgIpc) is 3.02. The molecule has 2 aliphatic heterocycles. The summed E-state index contributed by atoms with van der Waals surface area (Å²) in [4.78, 5) is 24.6. The summed E-state index contributed by atoms with van der Waals surface area (Å²) >= 11 is 0. The van der Waals surface area contributed by atoms with E-state index in [0.29, 0.717) is 12.3 Å². The van der Waals surface area contributed by atoms with E-state index >= 15 is 0 Å². The third-order valence-corrected chi connectivity index (χ3v) is 4.78. The molecule has 3 rings (SSSR count). The summed E-state index contributed by atoms with van der Waals surface area (Å²) in [6, 6.07) is 5.59. The average molecular weight is 334 g/mol. The molecular weight excluding hydrogens is 310 g/mol. The number of rotatable bonds is 5. The molecule has 1 aromatic carbocycles. The zero-order valence-electron chi connectivity index (χ0n) is 13.8. The number of benzene rings is 1. The number of carbonyl (C=O) groups is 2. The molecule has 1 saturated heterocycles. The molecule has 2 aliphatic rings. The molecule has 1 fully saturated rings. The Morgan fingerprint density at radius 2 is 2.00 bits per heavy atom. The molecule has 2 heterocycles. The monoisotopic (exact) mass is 334 g/mol. The molecule has 24 heavy (non-hydrogen) atoms. The molecule has 0 saturated carbocycles. The van der Waals surface area contributed by atoms with Crippen LogP contribution in [0.2, 0.25) is 0 Å². The lowest BCUT2D eigenvalue weighted by molar-refractivity contribution is -0.897. The Labute approximate surface area is 141 Å². The highest BCUT2D eigenvalue weighted by Crippen LogP contribution is 2.34. The van der Waals surface area contributed by atoms with Crippen molar-refractivity contribution < 1.29 is 24.0 Å². The fourth-order valence-electron chi connectivity index (χ4n) is 3.27. The summed E-state index contributed by atoms with van der Waals surface area (Å²) in [6.07, 6.45) is 1.52. The second-order valence-corrected chi connectivity index (χ2v) is 6.51. The van der Waals surface area contributed by atoms with Crippen molar-refractivity contribution in [1.29, 1.82) is 0 Å². The van der Waals surface area contributed by atoms with E-state index in [2.05, 4.69) is 5.32 Å². The minimum absolute atomic E-state index is 0.00712. The first-order valence-corrected chi connectivity index (χ1v) is 8.34. The van der Waals surface area contributed by atoms with E-state index in [4.69, 9.17) is 15.2 Å². The highest BCUT2D eigenvalue weighted by Gasteiger charge is 2.27. The van der Waals surface area contributed by atoms with Gasteiger partial charge < -0.3 is 25.4 Å². The normalized spacial score (nSPS) is 23.5. The van der Waals surface area contributed by atoms with E-state index in [1.165, 1.54) is 4.90 Å². The van der Waals surface area contributed by atoms with Gasteiger partial charge in [-0.2, -0.15) is 0 Å². The Balaban J connectivity index is 1.49. The lowest BCUT2D eigenvalue weighted by atomic mass is 9.96. The van der Waals surface area contributed by atoms with Gasteiger partial charge in [0.1, 0.15) is 0 Å². The number of likely N-dealkylation sites (tertiary alicyclic amines) is 1. The van der Waals surface area contributed by atoms with Gasteiger partial charge in [-0.1, -0.05) is 6.07 Å². The fourth-order valence-corrected chi connectivity index (χ4v) is 3.27. The lowest BCUT2D eigenvalue weighted by Crippen LogP contribution is -3.14. The summed E-state index contributed by atoms with van der Waals surface area (Å²) in [5.41, 5.74) is 6.32. The minimum Gasteiger partial charge on any atom is -0.454 e. The maximum atomic E-state index is 12.3. The molecule has 4 N–H and O–H groups in total. The molecule has 0 radical (unpaired) electrons. The van der Waals surface area contributed by atoms with Crippen molar-refractivity contribution >= 4 is 11.8 Å². The SMILES string of the molecule is C[C@@H](NC(=O)C[NH+]1CCC(C(N)=O)CC1)c1ccc2c(c1)OCO2. The van der Waals surface area contributed by atoms with E-state index < -0.39 is 0 Å². The van der Waals surface area contributed by atoms with Crippen LogP contribution in [0, 0.1) is 5.92 Å². The fraction of sp³-hybridized carbons (Fsp3) is 0.529. The molecule has 1 atom stereocenters. The number of nitrogens with one attached hydrogen (secondary N) is 2. The Kier molecular flexibility index (Phi) is 4.89. The number of quaternary nitrogens is 1. The molecule has 2 amide bonds. The molecule has 7 heteroatoms. The first-order chi connectivity index (χ1) is 11.5. The molecule has 0 aromatic heterocycles. The number of nitrogens with two attached hydrogens (primary N) is 1.